The van der Waals surface area contributed by atoms with Gasteiger partial charge in [0, 0.05) is 36.7 Å². The molecular weight excluding hydrogens is 707 g/mol. The normalized spacial score (nSPS) is 12.9. The van der Waals surface area contributed by atoms with Crippen molar-refractivity contribution in [2.45, 2.75) is 19.3 Å². The summed E-state index contributed by atoms with van der Waals surface area (Å²) in [4.78, 5) is 2.59. The molecule has 11 rings (SSSR count). The van der Waals surface area contributed by atoms with Gasteiger partial charge in [-0.2, -0.15) is 0 Å². The fraction of sp³-hybridized carbons (Fsp3) is 0.0545. The second-order valence-electron chi connectivity index (χ2n) is 15.6. The molecule has 0 saturated carbocycles. The van der Waals surface area contributed by atoms with Gasteiger partial charge in [-0.1, -0.05) is 196 Å². The first-order chi connectivity index (χ1) is 28.1. The molecule has 0 aliphatic heterocycles. The average Bonchev–Trinajstić information content (AvgIpc) is 3.78. The van der Waals surface area contributed by atoms with Crippen LogP contribution in [0, 0.1) is 0 Å². The van der Waals surface area contributed by atoms with Crippen LogP contribution in [0.2, 0.25) is 0 Å². The van der Waals surface area contributed by atoms with Crippen LogP contribution >= 0.6 is 11.3 Å². The monoisotopic (exact) mass is 745 g/mol. The van der Waals surface area contributed by atoms with Gasteiger partial charge in [0.1, 0.15) is 0 Å². The van der Waals surface area contributed by atoms with Crippen LogP contribution in [-0.2, 0) is 5.41 Å². The van der Waals surface area contributed by atoms with Crippen LogP contribution in [0.5, 0.6) is 0 Å². The molecule has 1 heterocycles. The second kappa shape index (κ2) is 13.2. The maximum atomic E-state index is 2.59. The Balaban J connectivity index is 1.29. The average molecular weight is 746 g/mol. The zero-order chi connectivity index (χ0) is 38.1. The first kappa shape index (κ1) is 33.6. The lowest BCUT2D eigenvalue weighted by Gasteiger charge is -2.31. The number of thiophene rings is 1. The van der Waals surface area contributed by atoms with Crippen molar-refractivity contribution in [1.82, 2.24) is 0 Å². The van der Waals surface area contributed by atoms with Crippen LogP contribution in [0.4, 0.5) is 17.1 Å². The first-order valence-electron chi connectivity index (χ1n) is 19.8. The summed E-state index contributed by atoms with van der Waals surface area (Å²) < 4.78 is 2.59. The molecule has 0 N–H and O–H groups in total. The number of hydrogen-bond acceptors (Lipinski definition) is 2. The lowest BCUT2D eigenvalue weighted by molar-refractivity contribution is 0.660. The third-order valence-corrected chi connectivity index (χ3v) is 13.4. The number of fused-ring (bicyclic) bond motifs is 7. The smallest absolute Gasteiger partial charge is 0.0555 e. The zero-order valence-electron chi connectivity index (χ0n) is 31.9. The Morgan fingerprint density at radius 1 is 0.368 bits per heavy atom. The molecule has 0 unspecified atom stereocenters. The van der Waals surface area contributed by atoms with Crippen molar-refractivity contribution in [1.29, 1.82) is 0 Å². The number of anilines is 3. The molecule has 0 fully saturated rings. The topological polar surface area (TPSA) is 3.24 Å². The van der Waals surface area contributed by atoms with E-state index in [1.807, 2.05) is 11.3 Å². The van der Waals surface area contributed by atoms with Crippen LogP contribution < -0.4 is 4.90 Å². The highest BCUT2D eigenvalue weighted by molar-refractivity contribution is 7.27. The minimum Gasteiger partial charge on any atom is -0.309 e. The Kier molecular flexibility index (Phi) is 7.77. The Hall–Kier alpha value is -6.74. The van der Waals surface area contributed by atoms with Crippen molar-refractivity contribution in [2.24, 2.45) is 0 Å². The Labute approximate surface area is 337 Å². The van der Waals surface area contributed by atoms with Crippen LogP contribution in [0.3, 0.4) is 0 Å². The maximum Gasteiger partial charge on any atom is 0.0555 e. The van der Waals surface area contributed by atoms with Gasteiger partial charge >= 0.3 is 0 Å². The van der Waals surface area contributed by atoms with Gasteiger partial charge in [0.05, 0.1) is 17.1 Å². The van der Waals surface area contributed by atoms with E-state index >= 15 is 0 Å². The fourth-order valence-electron chi connectivity index (χ4n) is 9.43. The Morgan fingerprint density at radius 2 is 0.912 bits per heavy atom. The zero-order valence-corrected chi connectivity index (χ0v) is 32.7. The van der Waals surface area contributed by atoms with Crippen LogP contribution in [0.1, 0.15) is 25.0 Å². The van der Waals surface area contributed by atoms with Gasteiger partial charge in [-0.3, -0.25) is 0 Å². The van der Waals surface area contributed by atoms with Crippen molar-refractivity contribution >= 4 is 59.3 Å². The number of nitrogens with zero attached hydrogens (tertiary/aromatic N) is 1. The molecular formula is C55H39NS. The van der Waals surface area contributed by atoms with Gasteiger partial charge in [-0.05, 0) is 73.5 Å². The van der Waals surface area contributed by atoms with Gasteiger partial charge in [0.2, 0.25) is 0 Å². The molecule has 0 saturated heterocycles. The molecule has 10 aromatic rings. The van der Waals surface area contributed by atoms with Gasteiger partial charge in [-0.25, -0.2) is 0 Å². The molecule has 1 aromatic heterocycles. The molecule has 0 bridgehead atoms. The number of hydrogen-bond donors (Lipinski definition) is 0. The number of rotatable bonds is 6. The van der Waals surface area contributed by atoms with Gasteiger partial charge in [-0.15, -0.1) is 11.3 Å². The van der Waals surface area contributed by atoms with E-state index in [0.29, 0.717) is 0 Å². The van der Waals surface area contributed by atoms with E-state index < -0.39 is 0 Å². The molecule has 9 aromatic carbocycles. The van der Waals surface area contributed by atoms with E-state index in [0.717, 1.165) is 5.69 Å². The van der Waals surface area contributed by atoms with Crippen LogP contribution in [-0.4, -0.2) is 0 Å². The van der Waals surface area contributed by atoms with E-state index in [-0.39, 0.29) is 5.41 Å². The quantitative estimate of drug-likeness (QED) is 0.164. The summed E-state index contributed by atoms with van der Waals surface area (Å²) in [6.07, 6.45) is 0. The molecule has 1 aliphatic carbocycles. The minimum absolute atomic E-state index is 0.144. The third kappa shape index (κ3) is 5.21. The molecule has 57 heavy (non-hydrogen) atoms. The van der Waals surface area contributed by atoms with Crippen molar-refractivity contribution in [2.75, 3.05) is 4.90 Å². The standard InChI is InChI=1S/C55H39NS/c1-55(2)46-30-13-11-26-44(46)51-47(55)31-17-33-49(51)56(48-32-14-12-25-43(48)42-28-15-23-36-22-9-10-24-39(36)42)50-35-34-41(38-20-7-4-8-21-38)54-52(50)45-29-16-27-40(53(45)57-54)37-18-5-3-6-19-37/h3-35H,1-2H3. The van der Waals surface area contributed by atoms with E-state index in [1.165, 1.54) is 98.0 Å². The molecule has 270 valence electrons. The minimum atomic E-state index is -0.144. The predicted octanol–water partition coefficient (Wildman–Crippen LogP) is 16.0. The predicted molar refractivity (Wildman–Crippen MR) is 245 cm³/mol. The molecule has 0 spiro atoms. The summed E-state index contributed by atoms with van der Waals surface area (Å²) >= 11 is 1.92. The Morgan fingerprint density at radius 3 is 1.72 bits per heavy atom. The lowest BCUT2D eigenvalue weighted by atomic mass is 9.82. The summed E-state index contributed by atoms with van der Waals surface area (Å²) in [5, 5.41) is 5.02. The van der Waals surface area contributed by atoms with E-state index in [1.54, 1.807) is 0 Å². The lowest BCUT2D eigenvalue weighted by Crippen LogP contribution is -2.16. The van der Waals surface area contributed by atoms with E-state index in [9.17, 15) is 0 Å². The molecule has 0 atom stereocenters. The molecule has 0 radical (unpaired) electrons. The molecule has 0 amide bonds. The summed E-state index contributed by atoms with van der Waals surface area (Å²) in [7, 11) is 0. The largest absolute Gasteiger partial charge is 0.309 e. The van der Waals surface area contributed by atoms with E-state index in [4.69, 9.17) is 0 Å². The Bertz CT molecular complexity index is 3150. The van der Waals surface area contributed by atoms with Crippen LogP contribution in [0.15, 0.2) is 200 Å². The summed E-state index contributed by atoms with van der Waals surface area (Å²) in [5.41, 5.74) is 16.1. The van der Waals surface area contributed by atoms with Crippen molar-refractivity contribution < 1.29 is 0 Å². The summed E-state index contributed by atoms with van der Waals surface area (Å²) in [6, 6.07) is 73.8. The van der Waals surface area contributed by atoms with Gasteiger partial charge in [0.15, 0.2) is 0 Å². The fourth-order valence-corrected chi connectivity index (χ4v) is 10.8. The second-order valence-corrected chi connectivity index (χ2v) is 16.6. The summed E-state index contributed by atoms with van der Waals surface area (Å²) in [5.74, 6) is 0. The third-order valence-electron chi connectivity index (χ3n) is 12.1. The van der Waals surface area contributed by atoms with Gasteiger partial charge in [0.25, 0.3) is 0 Å². The maximum absolute atomic E-state index is 2.59. The van der Waals surface area contributed by atoms with Crippen molar-refractivity contribution in [3.05, 3.63) is 211 Å². The number of para-hydroxylation sites is 1. The SMILES string of the molecule is CC1(C)c2ccccc2-c2c(N(c3ccccc3-c3cccc4ccccc34)c3ccc(-c4ccccc4)c4sc5c(-c6ccccc6)cccc5c34)cccc21. The number of benzene rings is 9. The molecule has 1 aliphatic rings. The van der Waals surface area contributed by atoms with Crippen molar-refractivity contribution in [3.8, 4) is 44.5 Å². The highest BCUT2D eigenvalue weighted by Gasteiger charge is 2.38. The molecule has 2 heteroatoms. The van der Waals surface area contributed by atoms with Crippen molar-refractivity contribution in [3.63, 3.8) is 0 Å². The molecule has 1 nitrogen and oxygen atoms in total. The first-order valence-corrected chi connectivity index (χ1v) is 20.6. The highest BCUT2D eigenvalue weighted by atomic mass is 32.1. The van der Waals surface area contributed by atoms with Gasteiger partial charge < -0.3 is 4.90 Å². The van der Waals surface area contributed by atoms with Crippen LogP contribution in [0.25, 0.3) is 75.5 Å². The highest BCUT2D eigenvalue weighted by Crippen LogP contribution is 2.57. The van der Waals surface area contributed by atoms with E-state index in [2.05, 4.69) is 219 Å². The summed E-state index contributed by atoms with van der Waals surface area (Å²) in [6.45, 7) is 4.75.